The summed E-state index contributed by atoms with van der Waals surface area (Å²) in [4.78, 5) is 5.37. The Morgan fingerprint density at radius 1 is 1.26 bits per heavy atom. The summed E-state index contributed by atoms with van der Waals surface area (Å²) in [5, 5.41) is 0. The van der Waals surface area contributed by atoms with E-state index in [1.807, 2.05) is 0 Å². The van der Waals surface area contributed by atoms with Crippen LogP contribution in [0.25, 0.3) is 0 Å². The number of hydrogen-bond acceptors (Lipinski definition) is 2. The van der Waals surface area contributed by atoms with Crippen LogP contribution in [-0.2, 0) is 6.54 Å². The van der Waals surface area contributed by atoms with Gasteiger partial charge < -0.3 is 0 Å². The van der Waals surface area contributed by atoms with Crippen molar-refractivity contribution < 1.29 is 0 Å². The highest BCUT2D eigenvalue weighted by Gasteiger charge is 2.32. The van der Waals surface area contributed by atoms with Gasteiger partial charge in [0, 0.05) is 36.2 Å². The summed E-state index contributed by atoms with van der Waals surface area (Å²) in [6.45, 7) is 7.28. The van der Waals surface area contributed by atoms with Crippen molar-refractivity contribution in [3.8, 4) is 0 Å². The molecule has 0 aromatic heterocycles. The molecule has 2 aliphatic heterocycles. The van der Waals surface area contributed by atoms with E-state index in [0.717, 1.165) is 12.6 Å². The van der Waals surface area contributed by atoms with Crippen LogP contribution in [0, 0.1) is 0 Å². The lowest BCUT2D eigenvalue weighted by Gasteiger charge is -2.47. The van der Waals surface area contributed by atoms with E-state index in [-0.39, 0.29) is 0 Å². The molecule has 0 amide bonds. The molecule has 0 spiro atoms. The van der Waals surface area contributed by atoms with Crippen LogP contribution < -0.4 is 0 Å². The number of halogens is 1. The summed E-state index contributed by atoms with van der Waals surface area (Å²) >= 11 is 3.57. The molecule has 0 radical (unpaired) electrons. The van der Waals surface area contributed by atoms with Crippen molar-refractivity contribution in [2.24, 2.45) is 0 Å². The number of hydrogen-bond donors (Lipinski definition) is 0. The lowest BCUT2D eigenvalue weighted by molar-refractivity contribution is 0.0111. The highest BCUT2D eigenvalue weighted by molar-refractivity contribution is 9.10. The van der Waals surface area contributed by atoms with Crippen LogP contribution in [-0.4, -0.2) is 41.5 Å². The maximum atomic E-state index is 3.57. The minimum absolute atomic E-state index is 0.674. The molecule has 2 nitrogen and oxygen atoms in total. The first kappa shape index (κ1) is 13.6. The number of fused-ring (bicyclic) bond motifs is 1. The van der Waals surface area contributed by atoms with Crippen molar-refractivity contribution in [3.05, 3.63) is 34.3 Å². The van der Waals surface area contributed by atoms with Crippen LogP contribution in [0.5, 0.6) is 0 Å². The molecule has 1 aromatic rings. The van der Waals surface area contributed by atoms with Crippen LogP contribution in [0.4, 0.5) is 0 Å². The third-order valence-electron chi connectivity index (χ3n) is 4.59. The monoisotopic (exact) mass is 322 g/mol. The first-order chi connectivity index (χ1) is 9.22. The van der Waals surface area contributed by atoms with Gasteiger partial charge in [-0.25, -0.2) is 0 Å². The van der Waals surface area contributed by atoms with Gasteiger partial charge in [0.05, 0.1) is 0 Å². The van der Waals surface area contributed by atoms with Crippen molar-refractivity contribution in [3.63, 3.8) is 0 Å². The van der Waals surface area contributed by atoms with Crippen molar-refractivity contribution in [2.45, 2.75) is 44.8 Å². The van der Waals surface area contributed by atoms with Gasteiger partial charge in [0.2, 0.25) is 0 Å². The second-order valence-electron chi connectivity index (χ2n) is 6.05. The molecule has 0 aliphatic carbocycles. The molecule has 0 N–H and O–H groups in total. The van der Waals surface area contributed by atoms with Gasteiger partial charge in [-0.3, -0.25) is 9.80 Å². The number of rotatable bonds is 2. The van der Waals surface area contributed by atoms with Crippen LogP contribution in [0.2, 0.25) is 0 Å². The first-order valence-corrected chi connectivity index (χ1v) is 8.24. The molecule has 3 heteroatoms. The largest absolute Gasteiger partial charge is 0.298 e. The fourth-order valence-electron chi connectivity index (χ4n) is 3.50. The van der Waals surface area contributed by atoms with E-state index in [1.54, 1.807) is 0 Å². The predicted molar refractivity (Wildman–Crippen MR) is 83.2 cm³/mol. The Morgan fingerprint density at radius 2 is 2.16 bits per heavy atom. The quantitative estimate of drug-likeness (QED) is 0.822. The van der Waals surface area contributed by atoms with Crippen molar-refractivity contribution in [2.75, 3.05) is 19.6 Å². The Hall–Kier alpha value is -0.380. The van der Waals surface area contributed by atoms with Crippen molar-refractivity contribution in [1.29, 1.82) is 0 Å². The lowest BCUT2D eigenvalue weighted by atomic mass is 9.97. The highest BCUT2D eigenvalue weighted by Crippen LogP contribution is 2.25. The molecular weight excluding hydrogens is 300 g/mol. The standard InChI is InChI=1S/C16H23BrN2/c1-13-10-18-8-3-2-7-16(18)12-19(13)11-14-5-4-6-15(17)9-14/h4-6,9,13,16H,2-3,7-8,10-12H2,1H3. The molecular formula is C16H23BrN2. The summed E-state index contributed by atoms with van der Waals surface area (Å²) in [6, 6.07) is 10.2. The Bertz CT molecular complexity index is 435. The Balaban J connectivity index is 1.67. The Labute approximate surface area is 124 Å². The number of nitrogens with zero attached hydrogens (tertiary/aromatic N) is 2. The minimum atomic E-state index is 0.674. The van der Waals surface area contributed by atoms with Gasteiger partial charge in [0.1, 0.15) is 0 Å². The van der Waals surface area contributed by atoms with Gasteiger partial charge >= 0.3 is 0 Å². The van der Waals surface area contributed by atoms with Gasteiger partial charge in [-0.05, 0) is 44.0 Å². The van der Waals surface area contributed by atoms with E-state index in [0.29, 0.717) is 6.04 Å². The van der Waals surface area contributed by atoms with Gasteiger partial charge in [0.25, 0.3) is 0 Å². The molecule has 19 heavy (non-hydrogen) atoms. The van der Waals surface area contributed by atoms with E-state index in [2.05, 4.69) is 56.9 Å². The molecule has 3 rings (SSSR count). The lowest BCUT2D eigenvalue weighted by Crippen LogP contribution is -2.58. The zero-order valence-corrected chi connectivity index (χ0v) is 13.3. The summed E-state index contributed by atoms with van der Waals surface area (Å²) < 4.78 is 1.19. The average Bonchev–Trinajstić information content (AvgIpc) is 2.40. The SMILES string of the molecule is CC1CN2CCCCC2CN1Cc1cccc(Br)c1. The fourth-order valence-corrected chi connectivity index (χ4v) is 3.95. The van der Waals surface area contributed by atoms with E-state index in [9.17, 15) is 0 Å². The number of benzene rings is 1. The zero-order valence-electron chi connectivity index (χ0n) is 11.7. The Kier molecular flexibility index (Phi) is 4.25. The molecule has 2 unspecified atom stereocenters. The number of piperidine rings is 1. The molecule has 2 aliphatic rings. The third kappa shape index (κ3) is 3.21. The van der Waals surface area contributed by atoms with E-state index in [1.165, 1.54) is 48.9 Å². The average molecular weight is 323 g/mol. The summed E-state index contributed by atoms with van der Waals surface area (Å²) in [6.07, 6.45) is 4.21. The molecule has 104 valence electrons. The number of piperazine rings is 1. The normalized spacial score (nSPS) is 29.2. The maximum Gasteiger partial charge on any atom is 0.0238 e. The summed E-state index contributed by atoms with van der Waals surface area (Å²) in [5.41, 5.74) is 1.42. The molecule has 2 fully saturated rings. The second kappa shape index (κ2) is 5.94. The summed E-state index contributed by atoms with van der Waals surface area (Å²) in [5.74, 6) is 0. The molecule has 0 bridgehead atoms. The Morgan fingerprint density at radius 3 is 3.00 bits per heavy atom. The molecule has 2 heterocycles. The zero-order chi connectivity index (χ0) is 13.2. The molecule has 2 saturated heterocycles. The van der Waals surface area contributed by atoms with Crippen molar-refractivity contribution in [1.82, 2.24) is 9.80 Å². The molecule has 1 aromatic carbocycles. The molecule has 0 saturated carbocycles. The van der Waals surface area contributed by atoms with Gasteiger partial charge in [-0.1, -0.05) is 34.5 Å². The molecule has 2 atom stereocenters. The fraction of sp³-hybridized carbons (Fsp3) is 0.625. The minimum Gasteiger partial charge on any atom is -0.298 e. The van der Waals surface area contributed by atoms with E-state index < -0.39 is 0 Å². The highest BCUT2D eigenvalue weighted by atomic mass is 79.9. The third-order valence-corrected chi connectivity index (χ3v) is 5.08. The second-order valence-corrected chi connectivity index (χ2v) is 6.97. The van der Waals surface area contributed by atoms with Crippen LogP contribution >= 0.6 is 15.9 Å². The van der Waals surface area contributed by atoms with Crippen molar-refractivity contribution >= 4 is 15.9 Å². The van der Waals surface area contributed by atoms with Gasteiger partial charge in [-0.2, -0.15) is 0 Å². The smallest absolute Gasteiger partial charge is 0.0238 e. The van der Waals surface area contributed by atoms with Gasteiger partial charge in [-0.15, -0.1) is 0 Å². The van der Waals surface area contributed by atoms with Gasteiger partial charge in [0.15, 0.2) is 0 Å². The van der Waals surface area contributed by atoms with E-state index >= 15 is 0 Å². The van der Waals surface area contributed by atoms with E-state index in [4.69, 9.17) is 0 Å². The topological polar surface area (TPSA) is 6.48 Å². The maximum absolute atomic E-state index is 3.57. The van der Waals surface area contributed by atoms with Crippen LogP contribution in [0.15, 0.2) is 28.7 Å². The predicted octanol–water partition coefficient (Wildman–Crippen LogP) is 3.51. The summed E-state index contributed by atoms with van der Waals surface area (Å²) in [7, 11) is 0. The van der Waals surface area contributed by atoms with Crippen LogP contribution in [0.1, 0.15) is 31.7 Å². The van der Waals surface area contributed by atoms with Crippen LogP contribution in [0.3, 0.4) is 0 Å². The first-order valence-electron chi connectivity index (χ1n) is 7.45.